The highest BCUT2D eigenvalue weighted by Crippen LogP contribution is 2.29. The maximum atomic E-state index is 12.5. The van der Waals surface area contributed by atoms with Crippen molar-refractivity contribution in [3.63, 3.8) is 0 Å². The first kappa shape index (κ1) is 14.1. The lowest BCUT2D eigenvalue weighted by Gasteiger charge is -2.09. The van der Waals surface area contributed by atoms with Crippen molar-refractivity contribution in [3.8, 4) is 5.75 Å². The van der Waals surface area contributed by atoms with Crippen LogP contribution < -0.4 is 10.5 Å². The van der Waals surface area contributed by atoms with Crippen LogP contribution in [0, 0.1) is 0 Å². The van der Waals surface area contributed by atoms with E-state index in [1.807, 2.05) is 0 Å². The monoisotopic (exact) mass is 383 g/mol. The van der Waals surface area contributed by atoms with Gasteiger partial charge in [-0.3, -0.25) is 4.79 Å². The summed E-state index contributed by atoms with van der Waals surface area (Å²) in [6, 6.07) is 10.5. The average Bonchev–Trinajstić information content (AvgIpc) is 2.41. The summed E-state index contributed by atoms with van der Waals surface area (Å²) in [7, 11) is 1.58. The third-order valence-corrected chi connectivity index (χ3v) is 4.24. The number of hydrogen-bond donors (Lipinski definition) is 1. The first-order valence-electron chi connectivity index (χ1n) is 5.47. The lowest BCUT2D eigenvalue weighted by molar-refractivity contribution is 0.103. The number of ketones is 1. The minimum absolute atomic E-state index is 0.103. The van der Waals surface area contributed by atoms with E-state index in [-0.39, 0.29) is 5.78 Å². The van der Waals surface area contributed by atoms with Gasteiger partial charge in [0.15, 0.2) is 5.78 Å². The van der Waals surface area contributed by atoms with Crippen molar-refractivity contribution in [2.45, 2.75) is 0 Å². The van der Waals surface area contributed by atoms with E-state index >= 15 is 0 Å². The quantitative estimate of drug-likeness (QED) is 0.641. The minimum Gasteiger partial charge on any atom is -0.497 e. The summed E-state index contributed by atoms with van der Waals surface area (Å²) in [4.78, 5) is 12.5. The summed E-state index contributed by atoms with van der Waals surface area (Å²) in [5.74, 6) is 0.587. The van der Waals surface area contributed by atoms with Gasteiger partial charge in [-0.05, 0) is 62.2 Å². The first-order chi connectivity index (χ1) is 9.04. The molecule has 19 heavy (non-hydrogen) atoms. The zero-order chi connectivity index (χ0) is 14.0. The molecule has 0 amide bonds. The van der Waals surface area contributed by atoms with Crippen molar-refractivity contribution in [2.24, 2.45) is 0 Å². The van der Waals surface area contributed by atoms with E-state index in [1.54, 1.807) is 43.5 Å². The van der Waals surface area contributed by atoms with Gasteiger partial charge in [0.2, 0.25) is 0 Å². The molecule has 0 bridgehead atoms. The van der Waals surface area contributed by atoms with Crippen molar-refractivity contribution in [1.82, 2.24) is 0 Å². The topological polar surface area (TPSA) is 52.3 Å². The van der Waals surface area contributed by atoms with Crippen LogP contribution >= 0.6 is 31.9 Å². The zero-order valence-electron chi connectivity index (χ0n) is 10.1. The van der Waals surface area contributed by atoms with Crippen LogP contribution in [-0.4, -0.2) is 12.9 Å². The molecule has 0 aliphatic rings. The van der Waals surface area contributed by atoms with E-state index in [0.29, 0.717) is 31.5 Å². The molecule has 0 unspecified atom stereocenters. The van der Waals surface area contributed by atoms with Gasteiger partial charge < -0.3 is 10.5 Å². The second-order valence-electron chi connectivity index (χ2n) is 3.88. The Bertz CT molecular complexity index is 641. The van der Waals surface area contributed by atoms with Crippen molar-refractivity contribution >= 4 is 43.3 Å². The molecule has 0 spiro atoms. The fourth-order valence-electron chi connectivity index (χ4n) is 1.68. The van der Waals surface area contributed by atoms with E-state index in [9.17, 15) is 4.79 Å². The van der Waals surface area contributed by atoms with Crippen LogP contribution in [0.1, 0.15) is 15.9 Å². The van der Waals surface area contributed by atoms with Crippen molar-refractivity contribution < 1.29 is 9.53 Å². The fraction of sp³-hybridized carbons (Fsp3) is 0.0714. The summed E-state index contributed by atoms with van der Waals surface area (Å²) >= 11 is 6.73. The summed E-state index contributed by atoms with van der Waals surface area (Å²) < 4.78 is 6.41. The number of carbonyl (C=O) groups excluding carboxylic acids is 1. The number of carbonyl (C=O) groups is 1. The molecule has 0 aliphatic carbocycles. The van der Waals surface area contributed by atoms with Crippen LogP contribution in [0.15, 0.2) is 45.3 Å². The Morgan fingerprint density at radius 3 is 2.53 bits per heavy atom. The molecule has 2 aromatic carbocycles. The predicted molar refractivity (Wildman–Crippen MR) is 82.7 cm³/mol. The molecule has 0 radical (unpaired) electrons. The Morgan fingerprint density at radius 2 is 1.89 bits per heavy atom. The summed E-state index contributed by atoms with van der Waals surface area (Å²) in [5.41, 5.74) is 7.42. The highest BCUT2D eigenvalue weighted by Gasteiger charge is 2.16. The average molecular weight is 385 g/mol. The van der Waals surface area contributed by atoms with Gasteiger partial charge in [-0.2, -0.15) is 0 Å². The number of nitrogens with two attached hydrogens (primary N) is 1. The number of anilines is 1. The van der Waals surface area contributed by atoms with Crippen molar-refractivity contribution in [3.05, 3.63) is 56.5 Å². The van der Waals surface area contributed by atoms with E-state index in [2.05, 4.69) is 31.9 Å². The normalized spacial score (nSPS) is 10.3. The molecule has 0 heterocycles. The molecule has 2 aromatic rings. The third-order valence-electron chi connectivity index (χ3n) is 2.69. The van der Waals surface area contributed by atoms with Gasteiger partial charge in [-0.15, -0.1) is 0 Å². The van der Waals surface area contributed by atoms with Gasteiger partial charge in [0.25, 0.3) is 0 Å². The van der Waals surface area contributed by atoms with E-state index < -0.39 is 0 Å². The van der Waals surface area contributed by atoms with Gasteiger partial charge in [0.05, 0.1) is 11.6 Å². The second-order valence-corrected chi connectivity index (χ2v) is 5.53. The van der Waals surface area contributed by atoms with E-state index in [4.69, 9.17) is 10.5 Å². The molecule has 0 atom stereocenters. The fourth-order valence-corrected chi connectivity index (χ4v) is 2.66. The van der Waals surface area contributed by atoms with Gasteiger partial charge in [-0.25, -0.2) is 0 Å². The highest BCUT2D eigenvalue weighted by molar-refractivity contribution is 9.11. The number of hydrogen-bond acceptors (Lipinski definition) is 3. The minimum atomic E-state index is -0.103. The lowest BCUT2D eigenvalue weighted by Crippen LogP contribution is -2.05. The highest BCUT2D eigenvalue weighted by atomic mass is 79.9. The Kier molecular flexibility index (Phi) is 4.27. The Hall–Kier alpha value is -1.33. The predicted octanol–water partition coefficient (Wildman–Crippen LogP) is 4.03. The summed E-state index contributed by atoms with van der Waals surface area (Å²) in [6.07, 6.45) is 0. The van der Waals surface area contributed by atoms with Crippen LogP contribution in [0.5, 0.6) is 5.75 Å². The molecule has 3 nitrogen and oxygen atoms in total. The summed E-state index contributed by atoms with van der Waals surface area (Å²) in [5, 5.41) is 0. The van der Waals surface area contributed by atoms with E-state index in [1.165, 1.54) is 0 Å². The maximum Gasteiger partial charge on any atom is 0.195 e. The van der Waals surface area contributed by atoms with Crippen LogP contribution in [0.25, 0.3) is 0 Å². The molecule has 98 valence electrons. The largest absolute Gasteiger partial charge is 0.497 e. The number of nitrogen functional groups attached to an aromatic ring is 1. The summed E-state index contributed by atoms with van der Waals surface area (Å²) in [6.45, 7) is 0. The number of rotatable bonds is 3. The molecule has 0 aromatic heterocycles. The number of benzene rings is 2. The van der Waals surface area contributed by atoms with Crippen molar-refractivity contribution in [2.75, 3.05) is 12.8 Å². The Balaban J connectivity index is 2.47. The SMILES string of the molecule is COc1ccc(C(=O)c2cccc(N)c2Br)c(Br)c1. The maximum absolute atomic E-state index is 12.5. The second kappa shape index (κ2) is 5.75. The third kappa shape index (κ3) is 2.82. The molecular weight excluding hydrogens is 374 g/mol. The molecule has 0 fully saturated rings. The Morgan fingerprint density at radius 1 is 1.16 bits per heavy atom. The molecule has 2 N–H and O–H groups in total. The zero-order valence-corrected chi connectivity index (χ0v) is 13.3. The van der Waals surface area contributed by atoms with Gasteiger partial charge in [0.1, 0.15) is 5.75 Å². The van der Waals surface area contributed by atoms with E-state index in [0.717, 1.165) is 0 Å². The lowest BCUT2D eigenvalue weighted by atomic mass is 10.0. The van der Waals surface area contributed by atoms with Crippen LogP contribution in [-0.2, 0) is 0 Å². The Labute approximate surface area is 128 Å². The number of methoxy groups -OCH3 is 1. The number of halogens is 2. The van der Waals surface area contributed by atoms with Crippen LogP contribution in [0.4, 0.5) is 5.69 Å². The smallest absolute Gasteiger partial charge is 0.195 e. The first-order valence-corrected chi connectivity index (χ1v) is 7.05. The molecule has 0 aliphatic heterocycles. The number of ether oxygens (including phenoxy) is 1. The molecular formula is C14H11Br2NO2. The molecule has 0 saturated carbocycles. The van der Waals surface area contributed by atoms with Gasteiger partial charge >= 0.3 is 0 Å². The van der Waals surface area contributed by atoms with Gasteiger partial charge in [0, 0.05) is 21.3 Å². The molecule has 0 saturated heterocycles. The van der Waals surface area contributed by atoms with Gasteiger partial charge in [-0.1, -0.05) is 6.07 Å². The standard InChI is InChI=1S/C14H11Br2NO2/c1-19-8-5-6-9(11(15)7-8)14(18)10-3-2-4-12(17)13(10)16/h2-7H,17H2,1H3. The molecule has 2 rings (SSSR count). The molecule has 5 heteroatoms. The van der Waals surface area contributed by atoms with Crippen molar-refractivity contribution in [1.29, 1.82) is 0 Å². The van der Waals surface area contributed by atoms with Crippen LogP contribution in [0.2, 0.25) is 0 Å². The van der Waals surface area contributed by atoms with Crippen LogP contribution in [0.3, 0.4) is 0 Å².